The van der Waals surface area contributed by atoms with Gasteiger partial charge in [-0.2, -0.15) is 0 Å². The summed E-state index contributed by atoms with van der Waals surface area (Å²) in [4.78, 5) is 23.1. The van der Waals surface area contributed by atoms with Gasteiger partial charge in [-0.15, -0.1) is 0 Å². The maximum atomic E-state index is 11.8. The van der Waals surface area contributed by atoms with Crippen molar-refractivity contribution >= 4 is 39.3 Å². The molecule has 0 unspecified atom stereocenters. The van der Waals surface area contributed by atoms with Gasteiger partial charge in [0.1, 0.15) is 0 Å². The van der Waals surface area contributed by atoms with Gasteiger partial charge in [-0.1, -0.05) is 25.4 Å². The molecule has 1 aromatic carbocycles. The largest absolute Gasteiger partial charge is 0.354 e. The molecule has 0 aliphatic heterocycles. The van der Waals surface area contributed by atoms with Crippen molar-refractivity contribution in [2.75, 3.05) is 13.1 Å². The fraction of sp³-hybridized carbons (Fsp3) is 0.385. The van der Waals surface area contributed by atoms with Gasteiger partial charge in [0, 0.05) is 29.0 Å². The molecular formula is C13H16BrClN2O2. The van der Waals surface area contributed by atoms with Crippen molar-refractivity contribution in [2.24, 2.45) is 5.92 Å². The topological polar surface area (TPSA) is 58.2 Å². The second kappa shape index (κ2) is 7.50. The Morgan fingerprint density at radius 1 is 1.26 bits per heavy atom. The lowest BCUT2D eigenvalue weighted by atomic mass is 10.2. The Kier molecular flexibility index (Phi) is 6.31. The van der Waals surface area contributed by atoms with Gasteiger partial charge in [0.15, 0.2) is 0 Å². The van der Waals surface area contributed by atoms with Crippen LogP contribution < -0.4 is 10.6 Å². The third kappa shape index (κ3) is 5.20. The smallest absolute Gasteiger partial charge is 0.251 e. The predicted molar refractivity (Wildman–Crippen MR) is 79.3 cm³/mol. The van der Waals surface area contributed by atoms with Gasteiger partial charge in [0.2, 0.25) is 5.91 Å². The third-order valence-corrected chi connectivity index (χ3v) is 3.65. The fourth-order valence-electron chi connectivity index (χ4n) is 1.31. The van der Waals surface area contributed by atoms with E-state index in [2.05, 4.69) is 26.6 Å². The molecule has 0 radical (unpaired) electrons. The molecule has 0 spiro atoms. The van der Waals surface area contributed by atoms with Crippen LogP contribution in [-0.4, -0.2) is 24.9 Å². The molecule has 4 nitrogen and oxygen atoms in total. The Morgan fingerprint density at radius 3 is 2.47 bits per heavy atom. The summed E-state index contributed by atoms with van der Waals surface area (Å²) in [5, 5.41) is 5.92. The van der Waals surface area contributed by atoms with E-state index in [9.17, 15) is 9.59 Å². The van der Waals surface area contributed by atoms with E-state index in [1.54, 1.807) is 18.2 Å². The number of halogens is 2. The van der Waals surface area contributed by atoms with Crippen molar-refractivity contribution in [2.45, 2.75) is 13.8 Å². The van der Waals surface area contributed by atoms with Gasteiger partial charge >= 0.3 is 0 Å². The highest BCUT2D eigenvalue weighted by molar-refractivity contribution is 9.10. The zero-order valence-electron chi connectivity index (χ0n) is 10.8. The van der Waals surface area contributed by atoms with Crippen LogP contribution in [0.5, 0.6) is 0 Å². The molecule has 2 amide bonds. The van der Waals surface area contributed by atoms with E-state index in [-0.39, 0.29) is 17.7 Å². The highest BCUT2D eigenvalue weighted by Crippen LogP contribution is 2.22. The number of benzene rings is 1. The number of amides is 2. The van der Waals surface area contributed by atoms with Crippen LogP contribution in [0.4, 0.5) is 0 Å². The van der Waals surface area contributed by atoms with Crippen LogP contribution in [-0.2, 0) is 4.79 Å². The van der Waals surface area contributed by atoms with Gasteiger partial charge in [-0.25, -0.2) is 0 Å². The zero-order chi connectivity index (χ0) is 14.4. The van der Waals surface area contributed by atoms with Crippen LogP contribution in [0.15, 0.2) is 22.7 Å². The van der Waals surface area contributed by atoms with Gasteiger partial charge in [0.05, 0.1) is 5.02 Å². The molecular weight excluding hydrogens is 332 g/mol. The summed E-state index contributed by atoms with van der Waals surface area (Å²) >= 11 is 9.17. The van der Waals surface area contributed by atoms with Crippen molar-refractivity contribution in [3.05, 3.63) is 33.3 Å². The molecule has 0 aliphatic rings. The quantitative estimate of drug-likeness (QED) is 0.804. The number of rotatable bonds is 5. The maximum absolute atomic E-state index is 11.8. The van der Waals surface area contributed by atoms with Gasteiger partial charge < -0.3 is 10.6 Å². The molecule has 6 heteroatoms. The molecule has 2 N–H and O–H groups in total. The Balaban J connectivity index is 2.39. The average Bonchev–Trinajstić information content (AvgIpc) is 2.37. The van der Waals surface area contributed by atoms with E-state index in [0.717, 1.165) is 4.47 Å². The number of hydrogen-bond acceptors (Lipinski definition) is 2. The first kappa shape index (κ1) is 16.0. The van der Waals surface area contributed by atoms with E-state index in [4.69, 9.17) is 11.6 Å². The molecule has 0 aromatic heterocycles. The Bertz CT molecular complexity index is 478. The average molecular weight is 348 g/mol. The van der Waals surface area contributed by atoms with E-state index in [1.165, 1.54) is 0 Å². The summed E-state index contributed by atoms with van der Waals surface area (Å²) in [5.41, 5.74) is 0.489. The minimum Gasteiger partial charge on any atom is -0.354 e. The Hall–Kier alpha value is -1.07. The van der Waals surface area contributed by atoms with Crippen LogP contribution in [0.1, 0.15) is 24.2 Å². The van der Waals surface area contributed by atoms with Crippen LogP contribution >= 0.6 is 27.5 Å². The SMILES string of the molecule is CC(C)C(=O)NCCNC(=O)c1ccc(Br)c(Cl)c1. The minimum atomic E-state index is -0.215. The normalized spacial score (nSPS) is 10.4. The van der Waals surface area contributed by atoms with Crippen molar-refractivity contribution in [1.29, 1.82) is 0 Å². The second-order valence-corrected chi connectivity index (χ2v) is 5.59. The second-order valence-electron chi connectivity index (χ2n) is 4.33. The van der Waals surface area contributed by atoms with Gasteiger partial charge in [0.25, 0.3) is 5.91 Å². The highest BCUT2D eigenvalue weighted by Gasteiger charge is 2.08. The summed E-state index contributed by atoms with van der Waals surface area (Å²) < 4.78 is 0.745. The minimum absolute atomic E-state index is 0.0269. The summed E-state index contributed by atoms with van der Waals surface area (Å²) in [6, 6.07) is 4.99. The lowest BCUT2D eigenvalue weighted by Gasteiger charge is -2.09. The van der Waals surface area contributed by atoms with Crippen molar-refractivity contribution in [3.63, 3.8) is 0 Å². The zero-order valence-corrected chi connectivity index (χ0v) is 13.1. The number of hydrogen-bond donors (Lipinski definition) is 2. The molecule has 0 aliphatic carbocycles. The first-order chi connectivity index (χ1) is 8.91. The predicted octanol–water partition coefficient (Wildman–Crippen LogP) is 2.60. The molecule has 1 rings (SSSR count). The van der Waals surface area contributed by atoms with Crippen LogP contribution in [0.2, 0.25) is 5.02 Å². The van der Waals surface area contributed by atoms with E-state index in [1.807, 2.05) is 13.8 Å². The summed E-state index contributed by atoms with van der Waals surface area (Å²) in [7, 11) is 0. The maximum Gasteiger partial charge on any atom is 0.251 e. The molecule has 0 saturated carbocycles. The molecule has 0 bridgehead atoms. The van der Waals surface area contributed by atoms with Crippen LogP contribution in [0, 0.1) is 5.92 Å². The van der Waals surface area contributed by atoms with E-state index >= 15 is 0 Å². The molecule has 1 aromatic rings. The fourth-order valence-corrected chi connectivity index (χ4v) is 1.73. The lowest BCUT2D eigenvalue weighted by molar-refractivity contribution is -0.123. The highest BCUT2D eigenvalue weighted by atomic mass is 79.9. The van der Waals surface area contributed by atoms with Crippen molar-refractivity contribution in [3.8, 4) is 0 Å². The molecule has 104 valence electrons. The van der Waals surface area contributed by atoms with E-state index < -0.39 is 0 Å². The molecule has 0 heterocycles. The van der Waals surface area contributed by atoms with Crippen molar-refractivity contribution < 1.29 is 9.59 Å². The molecule has 19 heavy (non-hydrogen) atoms. The Labute approximate surface area is 126 Å². The van der Waals surface area contributed by atoms with Crippen LogP contribution in [0.25, 0.3) is 0 Å². The summed E-state index contributed by atoms with van der Waals surface area (Å²) in [5.74, 6) is -0.296. The number of nitrogens with one attached hydrogen (secondary N) is 2. The summed E-state index contributed by atoms with van der Waals surface area (Å²) in [6.45, 7) is 4.42. The lowest BCUT2D eigenvalue weighted by Crippen LogP contribution is -2.36. The standard InChI is InChI=1S/C13H16BrClN2O2/c1-8(2)12(18)16-5-6-17-13(19)9-3-4-10(14)11(15)7-9/h3-4,7-8H,5-6H2,1-2H3,(H,16,18)(H,17,19). The molecule has 0 atom stereocenters. The Morgan fingerprint density at radius 2 is 1.89 bits per heavy atom. The monoisotopic (exact) mass is 346 g/mol. The number of carbonyl (C=O) groups excluding carboxylic acids is 2. The number of carbonyl (C=O) groups is 2. The first-order valence-corrected chi connectivity index (χ1v) is 7.10. The summed E-state index contributed by atoms with van der Waals surface area (Å²) in [6.07, 6.45) is 0. The molecule has 0 saturated heterocycles. The van der Waals surface area contributed by atoms with Gasteiger partial charge in [-0.05, 0) is 34.1 Å². The first-order valence-electron chi connectivity index (χ1n) is 5.92. The van der Waals surface area contributed by atoms with Crippen molar-refractivity contribution in [1.82, 2.24) is 10.6 Å². The third-order valence-electron chi connectivity index (χ3n) is 2.42. The molecule has 0 fully saturated rings. The van der Waals surface area contributed by atoms with Gasteiger partial charge in [-0.3, -0.25) is 9.59 Å². The van der Waals surface area contributed by atoms with Crippen LogP contribution in [0.3, 0.4) is 0 Å². The van der Waals surface area contributed by atoms with E-state index in [0.29, 0.717) is 23.7 Å².